The predicted octanol–water partition coefficient (Wildman–Crippen LogP) is 2.27. The number of benzene rings is 1. The van der Waals surface area contributed by atoms with Gasteiger partial charge < -0.3 is 26.0 Å². The van der Waals surface area contributed by atoms with Crippen LogP contribution in [0.15, 0.2) is 29.3 Å². The molecule has 27 heavy (non-hydrogen) atoms. The van der Waals surface area contributed by atoms with Crippen LogP contribution in [0.25, 0.3) is 0 Å². The van der Waals surface area contributed by atoms with Gasteiger partial charge in [0.1, 0.15) is 5.75 Å². The number of aliphatic imine (C=N–C) groups is 1. The normalized spacial score (nSPS) is 20.1. The lowest BCUT2D eigenvalue weighted by atomic mass is 9.93. The van der Waals surface area contributed by atoms with E-state index < -0.39 is 0 Å². The Kier molecular flexibility index (Phi) is 8.46. The number of piperidine rings is 1. The first kappa shape index (κ1) is 21.6. The summed E-state index contributed by atoms with van der Waals surface area (Å²) in [5.74, 6) is 2.21. The molecule has 1 atom stereocenters. The van der Waals surface area contributed by atoms with Crippen LogP contribution in [0.1, 0.15) is 37.7 Å². The van der Waals surface area contributed by atoms with Gasteiger partial charge in [-0.2, -0.15) is 0 Å². The van der Waals surface area contributed by atoms with E-state index in [1.807, 2.05) is 12.1 Å². The molecule has 2 aliphatic rings. The zero-order valence-corrected chi connectivity index (χ0v) is 18.1. The Morgan fingerprint density at radius 2 is 2.04 bits per heavy atom. The van der Waals surface area contributed by atoms with Crippen LogP contribution in [0.3, 0.4) is 0 Å². The number of hydrogen-bond donors (Lipinski definition) is 3. The molecule has 8 heteroatoms. The van der Waals surface area contributed by atoms with Gasteiger partial charge in [-0.05, 0) is 37.8 Å². The smallest absolute Gasteiger partial charge is 0.314 e. The van der Waals surface area contributed by atoms with Crippen molar-refractivity contribution in [1.82, 2.24) is 15.5 Å². The Balaban J connectivity index is 0.00000261. The maximum atomic E-state index is 11.2. The third kappa shape index (κ3) is 5.88. The highest BCUT2D eigenvalue weighted by Gasteiger charge is 2.23. The number of hydrogen-bond acceptors (Lipinski definition) is 3. The van der Waals surface area contributed by atoms with Crippen molar-refractivity contribution in [3.63, 3.8) is 0 Å². The number of primary amides is 1. The lowest BCUT2D eigenvalue weighted by Gasteiger charge is -2.32. The molecule has 0 aromatic heterocycles. The number of guanidine groups is 1. The van der Waals surface area contributed by atoms with E-state index in [0.29, 0.717) is 25.0 Å². The van der Waals surface area contributed by atoms with E-state index in [1.54, 1.807) is 4.90 Å². The molecule has 2 aliphatic heterocycles. The van der Waals surface area contributed by atoms with Crippen molar-refractivity contribution in [3.8, 4) is 5.75 Å². The zero-order valence-electron chi connectivity index (χ0n) is 15.8. The van der Waals surface area contributed by atoms with Gasteiger partial charge in [0.05, 0.1) is 6.61 Å². The van der Waals surface area contributed by atoms with Gasteiger partial charge >= 0.3 is 6.03 Å². The first-order chi connectivity index (χ1) is 12.7. The van der Waals surface area contributed by atoms with Gasteiger partial charge in [0.25, 0.3) is 0 Å². The molecule has 0 saturated carbocycles. The number of nitrogens with one attached hydrogen (secondary N) is 2. The Morgan fingerprint density at radius 1 is 1.30 bits per heavy atom. The van der Waals surface area contributed by atoms with Crippen molar-refractivity contribution in [2.45, 2.75) is 38.1 Å². The molecule has 0 bridgehead atoms. The summed E-state index contributed by atoms with van der Waals surface area (Å²) in [6.45, 7) is 5.75. The standard InChI is InChI=1S/C19H29N5O2.HI/c1-2-21-19(23-15-7-10-24(11-8-15)18(20)25)22-13-14-9-12-26-17-6-4-3-5-16(14)17;/h3-6,14-15H,2,7-13H2,1H3,(H2,20,25)(H2,21,22,23);1H. The average molecular weight is 487 g/mol. The maximum Gasteiger partial charge on any atom is 0.314 e. The fraction of sp³-hybridized carbons (Fsp3) is 0.579. The second kappa shape index (κ2) is 10.6. The minimum Gasteiger partial charge on any atom is -0.493 e. The Bertz CT molecular complexity index is 647. The second-order valence-electron chi connectivity index (χ2n) is 6.84. The number of ether oxygens (including phenoxy) is 1. The summed E-state index contributed by atoms with van der Waals surface area (Å²) >= 11 is 0. The van der Waals surface area contributed by atoms with Crippen LogP contribution in [0.5, 0.6) is 5.75 Å². The molecule has 3 rings (SSSR count). The van der Waals surface area contributed by atoms with Gasteiger partial charge in [-0.25, -0.2) is 4.79 Å². The molecule has 1 fully saturated rings. The first-order valence-electron chi connectivity index (χ1n) is 9.48. The summed E-state index contributed by atoms with van der Waals surface area (Å²) in [5, 5.41) is 6.84. The van der Waals surface area contributed by atoms with Gasteiger partial charge in [0, 0.05) is 38.1 Å². The largest absolute Gasteiger partial charge is 0.493 e. The Morgan fingerprint density at radius 3 is 2.74 bits per heavy atom. The highest BCUT2D eigenvalue weighted by Crippen LogP contribution is 2.33. The highest BCUT2D eigenvalue weighted by molar-refractivity contribution is 14.0. The molecule has 2 heterocycles. The van der Waals surface area contributed by atoms with Crippen molar-refractivity contribution in [2.24, 2.45) is 10.7 Å². The van der Waals surface area contributed by atoms with Crippen molar-refractivity contribution in [1.29, 1.82) is 0 Å². The Hall–Kier alpha value is -1.71. The summed E-state index contributed by atoms with van der Waals surface area (Å²) in [6, 6.07) is 8.21. The molecule has 4 N–H and O–H groups in total. The third-order valence-electron chi connectivity index (χ3n) is 5.04. The number of para-hydroxylation sites is 1. The van der Waals surface area contributed by atoms with E-state index in [0.717, 1.165) is 50.7 Å². The minimum atomic E-state index is -0.331. The molecule has 1 aromatic carbocycles. The molecular formula is C19H30IN5O2. The number of likely N-dealkylation sites (tertiary alicyclic amines) is 1. The molecule has 150 valence electrons. The van der Waals surface area contributed by atoms with Gasteiger partial charge in [-0.15, -0.1) is 24.0 Å². The fourth-order valence-electron chi connectivity index (χ4n) is 3.56. The molecule has 0 radical (unpaired) electrons. The molecule has 7 nitrogen and oxygen atoms in total. The summed E-state index contributed by atoms with van der Waals surface area (Å²) in [6.07, 6.45) is 2.75. The highest BCUT2D eigenvalue weighted by atomic mass is 127. The van der Waals surface area contributed by atoms with Crippen molar-refractivity contribution >= 4 is 36.0 Å². The summed E-state index contributed by atoms with van der Waals surface area (Å²) < 4.78 is 5.74. The number of fused-ring (bicyclic) bond motifs is 1. The van der Waals surface area contributed by atoms with E-state index in [1.165, 1.54) is 5.56 Å². The molecule has 0 spiro atoms. The second-order valence-corrected chi connectivity index (χ2v) is 6.84. The van der Waals surface area contributed by atoms with Gasteiger partial charge in [0.15, 0.2) is 5.96 Å². The topological polar surface area (TPSA) is 92.0 Å². The van der Waals surface area contributed by atoms with Crippen molar-refractivity contribution in [3.05, 3.63) is 29.8 Å². The van der Waals surface area contributed by atoms with E-state index >= 15 is 0 Å². The summed E-state index contributed by atoms with van der Waals surface area (Å²) in [4.78, 5) is 17.8. The summed E-state index contributed by atoms with van der Waals surface area (Å²) in [7, 11) is 0. The van der Waals surface area contributed by atoms with Crippen LogP contribution < -0.4 is 21.1 Å². The zero-order chi connectivity index (χ0) is 18.4. The van der Waals surface area contributed by atoms with Crippen LogP contribution in [0.2, 0.25) is 0 Å². The lowest BCUT2D eigenvalue weighted by Crippen LogP contribution is -2.50. The quantitative estimate of drug-likeness (QED) is 0.345. The molecule has 1 unspecified atom stereocenters. The third-order valence-corrected chi connectivity index (χ3v) is 5.04. The van der Waals surface area contributed by atoms with Gasteiger partial charge in [-0.1, -0.05) is 18.2 Å². The average Bonchev–Trinajstić information content (AvgIpc) is 2.66. The summed E-state index contributed by atoms with van der Waals surface area (Å²) in [5.41, 5.74) is 6.59. The molecule has 0 aliphatic carbocycles. The van der Waals surface area contributed by atoms with Crippen LogP contribution >= 0.6 is 24.0 Å². The van der Waals surface area contributed by atoms with E-state index in [9.17, 15) is 4.79 Å². The van der Waals surface area contributed by atoms with Crippen LogP contribution in [0, 0.1) is 0 Å². The van der Waals surface area contributed by atoms with Crippen LogP contribution in [-0.4, -0.2) is 55.7 Å². The fourth-order valence-corrected chi connectivity index (χ4v) is 3.56. The number of urea groups is 1. The molecule has 2 amide bonds. The number of halogens is 1. The SMILES string of the molecule is CCNC(=NCC1CCOc2ccccc21)NC1CCN(C(N)=O)CC1.I. The van der Waals surface area contributed by atoms with Gasteiger partial charge in [0.2, 0.25) is 0 Å². The Labute approximate surface area is 178 Å². The van der Waals surface area contributed by atoms with Crippen LogP contribution in [0.4, 0.5) is 4.79 Å². The number of carbonyl (C=O) groups excluding carboxylic acids is 1. The maximum absolute atomic E-state index is 11.2. The number of rotatable bonds is 4. The number of nitrogens with zero attached hydrogens (tertiary/aromatic N) is 2. The molecule has 1 saturated heterocycles. The molecule has 1 aromatic rings. The first-order valence-corrected chi connectivity index (χ1v) is 9.48. The van der Waals surface area contributed by atoms with E-state index in [-0.39, 0.29) is 30.0 Å². The van der Waals surface area contributed by atoms with Crippen molar-refractivity contribution in [2.75, 3.05) is 32.8 Å². The van der Waals surface area contributed by atoms with E-state index in [2.05, 4.69) is 29.7 Å². The molecular weight excluding hydrogens is 457 g/mol. The van der Waals surface area contributed by atoms with Crippen LogP contribution in [-0.2, 0) is 0 Å². The van der Waals surface area contributed by atoms with Gasteiger partial charge in [-0.3, -0.25) is 4.99 Å². The monoisotopic (exact) mass is 487 g/mol. The minimum absolute atomic E-state index is 0. The number of carbonyl (C=O) groups is 1. The van der Waals surface area contributed by atoms with E-state index in [4.69, 9.17) is 15.5 Å². The lowest BCUT2D eigenvalue weighted by molar-refractivity contribution is 0.188. The predicted molar refractivity (Wildman–Crippen MR) is 118 cm³/mol. The number of amides is 2. The van der Waals surface area contributed by atoms with Crippen molar-refractivity contribution < 1.29 is 9.53 Å². The number of nitrogens with two attached hydrogens (primary N) is 1.